The predicted molar refractivity (Wildman–Crippen MR) is 68.3 cm³/mol. The maximum Gasteiger partial charge on any atom is 0.0688 e. The van der Waals surface area contributed by atoms with Crippen LogP contribution >= 0.6 is 0 Å². The van der Waals surface area contributed by atoms with E-state index in [1.165, 1.54) is 49.4 Å². The molecule has 0 aromatic carbocycles. The lowest BCUT2D eigenvalue weighted by atomic mass is 10.1. The molecule has 1 aliphatic carbocycles. The van der Waals surface area contributed by atoms with Gasteiger partial charge >= 0.3 is 0 Å². The van der Waals surface area contributed by atoms with Crippen LogP contribution in [-0.4, -0.2) is 47.8 Å². The fourth-order valence-corrected chi connectivity index (χ4v) is 2.69. The molecule has 4 nitrogen and oxygen atoms in total. The van der Waals surface area contributed by atoms with Gasteiger partial charge in [-0.1, -0.05) is 0 Å². The molecule has 1 saturated heterocycles. The van der Waals surface area contributed by atoms with Crippen molar-refractivity contribution in [1.82, 2.24) is 20.4 Å². The Bertz CT molecular complexity index is 375. The lowest BCUT2D eigenvalue weighted by molar-refractivity contribution is 0.243. The molecule has 4 heteroatoms. The van der Waals surface area contributed by atoms with Gasteiger partial charge in [0.2, 0.25) is 0 Å². The van der Waals surface area contributed by atoms with Crippen molar-refractivity contribution in [2.24, 2.45) is 0 Å². The van der Waals surface area contributed by atoms with Crippen LogP contribution < -0.4 is 5.32 Å². The molecular weight excluding hydrogens is 212 g/mol. The van der Waals surface area contributed by atoms with Crippen molar-refractivity contribution < 1.29 is 0 Å². The minimum Gasteiger partial charge on any atom is -0.314 e. The van der Waals surface area contributed by atoms with Crippen LogP contribution in [0.25, 0.3) is 0 Å². The first kappa shape index (κ1) is 11.2. The Kier molecular flexibility index (Phi) is 3.16. The number of nitrogens with one attached hydrogen (secondary N) is 2. The number of H-pyrrole nitrogens is 1. The number of aromatic nitrogens is 2. The zero-order valence-corrected chi connectivity index (χ0v) is 10.6. The summed E-state index contributed by atoms with van der Waals surface area (Å²) in [4.78, 5) is 2.56. The van der Waals surface area contributed by atoms with Crippen LogP contribution in [0.2, 0.25) is 0 Å². The molecule has 0 amide bonds. The normalized spacial score (nSPS) is 21.9. The first-order valence-electron chi connectivity index (χ1n) is 6.81. The summed E-state index contributed by atoms with van der Waals surface area (Å²) in [7, 11) is 0. The minimum atomic E-state index is 0.762. The zero-order chi connectivity index (χ0) is 11.7. The molecule has 2 N–H and O–H groups in total. The largest absolute Gasteiger partial charge is 0.314 e. The van der Waals surface area contributed by atoms with Crippen molar-refractivity contribution >= 4 is 0 Å². The Morgan fingerprint density at radius 3 is 2.76 bits per heavy atom. The van der Waals surface area contributed by atoms with Gasteiger partial charge in [-0.15, -0.1) is 0 Å². The quantitative estimate of drug-likeness (QED) is 0.818. The second kappa shape index (κ2) is 4.78. The third-order valence-corrected chi connectivity index (χ3v) is 3.96. The van der Waals surface area contributed by atoms with E-state index in [1.807, 2.05) is 0 Å². The van der Waals surface area contributed by atoms with E-state index in [4.69, 9.17) is 0 Å². The molecule has 0 bridgehead atoms. The highest BCUT2D eigenvalue weighted by molar-refractivity contribution is 5.30. The average molecular weight is 234 g/mol. The summed E-state index contributed by atoms with van der Waals surface area (Å²) < 4.78 is 0. The summed E-state index contributed by atoms with van der Waals surface area (Å²) >= 11 is 0. The summed E-state index contributed by atoms with van der Waals surface area (Å²) in [5.74, 6) is 0.762. The van der Waals surface area contributed by atoms with Crippen molar-refractivity contribution in [2.45, 2.75) is 32.1 Å². The van der Waals surface area contributed by atoms with Crippen LogP contribution in [0, 0.1) is 6.92 Å². The molecule has 2 fully saturated rings. The standard InChI is InChI=1S/C13H22N4/c1-10-12(13(16-15-10)11-2-3-11)4-7-17-8-5-14-6-9-17/h11,14H,2-9H2,1H3,(H,15,16). The van der Waals surface area contributed by atoms with E-state index in [2.05, 4.69) is 27.3 Å². The van der Waals surface area contributed by atoms with Crippen LogP contribution in [-0.2, 0) is 6.42 Å². The molecule has 2 aliphatic rings. The van der Waals surface area contributed by atoms with Crippen molar-refractivity contribution in [1.29, 1.82) is 0 Å². The highest BCUT2D eigenvalue weighted by Crippen LogP contribution is 2.41. The SMILES string of the molecule is Cc1[nH]nc(C2CC2)c1CCN1CCNCC1. The number of rotatable bonds is 4. The number of hydrogen-bond donors (Lipinski definition) is 2. The van der Waals surface area contributed by atoms with E-state index in [-0.39, 0.29) is 0 Å². The molecule has 94 valence electrons. The molecular formula is C13H22N4. The number of aromatic amines is 1. The molecule has 1 aromatic heterocycles. The smallest absolute Gasteiger partial charge is 0.0688 e. The Morgan fingerprint density at radius 2 is 2.06 bits per heavy atom. The minimum absolute atomic E-state index is 0.762. The number of nitrogens with zero attached hydrogens (tertiary/aromatic N) is 2. The topological polar surface area (TPSA) is 44.0 Å². The summed E-state index contributed by atoms with van der Waals surface area (Å²) in [6.45, 7) is 8.00. The van der Waals surface area contributed by atoms with Gasteiger partial charge in [-0.2, -0.15) is 5.10 Å². The summed E-state index contributed by atoms with van der Waals surface area (Å²) in [5, 5.41) is 11.0. The molecule has 1 aromatic rings. The van der Waals surface area contributed by atoms with Crippen molar-refractivity contribution in [3.05, 3.63) is 17.0 Å². The lowest BCUT2D eigenvalue weighted by Gasteiger charge is -2.27. The van der Waals surface area contributed by atoms with E-state index < -0.39 is 0 Å². The van der Waals surface area contributed by atoms with Crippen LogP contribution in [0.5, 0.6) is 0 Å². The van der Waals surface area contributed by atoms with Gasteiger partial charge in [0, 0.05) is 44.3 Å². The molecule has 0 unspecified atom stereocenters. The van der Waals surface area contributed by atoms with Crippen molar-refractivity contribution in [2.75, 3.05) is 32.7 Å². The van der Waals surface area contributed by atoms with E-state index in [0.717, 1.165) is 25.4 Å². The Morgan fingerprint density at radius 1 is 1.29 bits per heavy atom. The first-order chi connectivity index (χ1) is 8.34. The van der Waals surface area contributed by atoms with E-state index in [9.17, 15) is 0 Å². The van der Waals surface area contributed by atoms with Crippen molar-refractivity contribution in [3.8, 4) is 0 Å². The van der Waals surface area contributed by atoms with Gasteiger partial charge in [0.15, 0.2) is 0 Å². The monoisotopic (exact) mass is 234 g/mol. The van der Waals surface area contributed by atoms with Crippen LogP contribution in [0.3, 0.4) is 0 Å². The molecule has 1 saturated carbocycles. The molecule has 0 radical (unpaired) electrons. The maximum atomic E-state index is 4.49. The van der Waals surface area contributed by atoms with Crippen molar-refractivity contribution in [3.63, 3.8) is 0 Å². The summed E-state index contributed by atoms with van der Waals surface area (Å²) in [5.41, 5.74) is 4.13. The number of aryl methyl sites for hydroxylation is 1. The van der Waals surface area contributed by atoms with E-state index >= 15 is 0 Å². The Balaban J connectivity index is 1.61. The number of hydrogen-bond acceptors (Lipinski definition) is 3. The lowest BCUT2D eigenvalue weighted by Crippen LogP contribution is -2.44. The highest BCUT2D eigenvalue weighted by atomic mass is 15.2. The first-order valence-corrected chi connectivity index (χ1v) is 6.81. The highest BCUT2D eigenvalue weighted by Gasteiger charge is 2.29. The van der Waals surface area contributed by atoms with Gasteiger partial charge in [-0.3, -0.25) is 5.10 Å². The van der Waals surface area contributed by atoms with Gasteiger partial charge in [0.25, 0.3) is 0 Å². The van der Waals surface area contributed by atoms with Crippen LogP contribution in [0.1, 0.15) is 35.7 Å². The summed E-state index contributed by atoms with van der Waals surface area (Å²) in [6.07, 6.45) is 3.84. The maximum absolute atomic E-state index is 4.49. The fraction of sp³-hybridized carbons (Fsp3) is 0.769. The predicted octanol–water partition coefficient (Wildman–Crippen LogP) is 1.04. The molecule has 17 heavy (non-hydrogen) atoms. The second-order valence-corrected chi connectivity index (χ2v) is 5.33. The molecule has 0 spiro atoms. The van der Waals surface area contributed by atoms with Gasteiger partial charge in [0.1, 0.15) is 0 Å². The van der Waals surface area contributed by atoms with E-state index in [0.29, 0.717) is 0 Å². The van der Waals surface area contributed by atoms with Gasteiger partial charge in [0.05, 0.1) is 5.69 Å². The third-order valence-electron chi connectivity index (χ3n) is 3.96. The molecule has 3 rings (SSSR count). The Labute approximate surface area is 103 Å². The Hall–Kier alpha value is -0.870. The van der Waals surface area contributed by atoms with Gasteiger partial charge < -0.3 is 10.2 Å². The van der Waals surface area contributed by atoms with Crippen LogP contribution in [0.15, 0.2) is 0 Å². The zero-order valence-electron chi connectivity index (χ0n) is 10.6. The van der Waals surface area contributed by atoms with Crippen LogP contribution in [0.4, 0.5) is 0 Å². The van der Waals surface area contributed by atoms with Gasteiger partial charge in [-0.25, -0.2) is 0 Å². The number of piperazine rings is 1. The second-order valence-electron chi connectivity index (χ2n) is 5.33. The average Bonchev–Trinajstić information content (AvgIpc) is 3.13. The summed E-state index contributed by atoms with van der Waals surface area (Å²) in [6, 6.07) is 0. The van der Waals surface area contributed by atoms with E-state index in [1.54, 1.807) is 0 Å². The molecule has 0 atom stereocenters. The molecule has 1 aliphatic heterocycles. The molecule has 2 heterocycles. The third kappa shape index (κ3) is 2.53. The fourth-order valence-electron chi connectivity index (χ4n) is 2.69. The van der Waals surface area contributed by atoms with Gasteiger partial charge in [-0.05, 0) is 31.7 Å².